The Kier molecular flexibility index (Phi) is 5.18. The first-order valence-corrected chi connectivity index (χ1v) is 9.77. The van der Waals surface area contributed by atoms with Crippen LogP contribution in [0.5, 0.6) is 11.5 Å². The van der Waals surface area contributed by atoms with Gasteiger partial charge in [0.2, 0.25) is 0 Å². The number of imide groups is 1. The predicted molar refractivity (Wildman–Crippen MR) is 112 cm³/mol. The van der Waals surface area contributed by atoms with Crippen molar-refractivity contribution in [3.05, 3.63) is 89.2 Å². The van der Waals surface area contributed by atoms with Gasteiger partial charge in [0.05, 0.1) is 5.69 Å². The van der Waals surface area contributed by atoms with Crippen LogP contribution in [0.25, 0.3) is 0 Å². The summed E-state index contributed by atoms with van der Waals surface area (Å²) in [5.41, 5.74) is -0.214. The van der Waals surface area contributed by atoms with Gasteiger partial charge >= 0.3 is 6.03 Å². The van der Waals surface area contributed by atoms with Crippen molar-refractivity contribution in [1.29, 1.82) is 0 Å². The number of anilines is 1. The Balaban J connectivity index is 1.67. The van der Waals surface area contributed by atoms with Crippen LogP contribution < -0.4 is 15.0 Å². The maximum absolute atomic E-state index is 13.9. The summed E-state index contributed by atoms with van der Waals surface area (Å²) < 4.78 is 19.5. The fourth-order valence-electron chi connectivity index (χ4n) is 3.52. The number of carbonyl (C=O) groups excluding carboxylic acids is 2. The Morgan fingerprint density at radius 1 is 1.03 bits per heavy atom. The number of rotatable bonds is 5. The number of nitrogens with zero attached hydrogens (tertiary/aromatic N) is 1. The van der Waals surface area contributed by atoms with Gasteiger partial charge in [-0.1, -0.05) is 48.9 Å². The van der Waals surface area contributed by atoms with Crippen molar-refractivity contribution in [1.82, 2.24) is 5.32 Å². The van der Waals surface area contributed by atoms with Crippen LogP contribution in [0.4, 0.5) is 14.9 Å². The molecular weight excluding hydrogens is 407 g/mol. The zero-order chi connectivity index (χ0) is 21.3. The first-order chi connectivity index (χ1) is 14.4. The van der Waals surface area contributed by atoms with Crippen LogP contribution in [-0.2, 0) is 10.3 Å². The largest absolute Gasteiger partial charge is 0.454 e. The highest BCUT2D eigenvalue weighted by molar-refractivity contribution is 6.30. The summed E-state index contributed by atoms with van der Waals surface area (Å²) in [6.45, 7) is 1.83. The molecule has 0 aromatic heterocycles. The van der Waals surface area contributed by atoms with E-state index in [0.29, 0.717) is 28.4 Å². The van der Waals surface area contributed by atoms with Gasteiger partial charge in [-0.05, 0) is 48.4 Å². The molecule has 4 rings (SSSR count). The maximum Gasteiger partial charge on any atom is 0.329 e. The number of nitrogens with one attached hydrogen (secondary N) is 1. The molecule has 1 unspecified atom stereocenters. The number of amides is 3. The van der Waals surface area contributed by atoms with Crippen molar-refractivity contribution in [3.8, 4) is 11.5 Å². The van der Waals surface area contributed by atoms with Crippen LogP contribution in [0.3, 0.4) is 0 Å². The number of benzene rings is 3. The topological polar surface area (TPSA) is 58.6 Å². The molecular formula is C23H18ClFN2O3. The zero-order valence-corrected chi connectivity index (χ0v) is 16.8. The molecule has 0 saturated carbocycles. The third-order valence-electron chi connectivity index (χ3n) is 5.10. The second-order valence-corrected chi connectivity index (χ2v) is 7.30. The standard InChI is InChI=1S/C23H18ClFN2O3/c1-2-23(15-10-12-16(24)13-11-15)21(28)27(22(29)26-23)17-6-5-7-18(14-17)30-20-9-4-3-8-19(20)25/h3-14H,2H2,1H3,(H,26,29). The lowest BCUT2D eigenvalue weighted by atomic mass is 9.87. The number of ether oxygens (including phenoxy) is 1. The minimum absolute atomic E-state index is 0.0518. The molecule has 3 aromatic carbocycles. The summed E-state index contributed by atoms with van der Waals surface area (Å²) in [6.07, 6.45) is 0.362. The van der Waals surface area contributed by atoms with Crippen molar-refractivity contribution < 1.29 is 18.7 Å². The Hall–Kier alpha value is -3.38. The van der Waals surface area contributed by atoms with Crippen LogP contribution in [0.15, 0.2) is 72.8 Å². The molecule has 3 amide bonds. The molecule has 152 valence electrons. The Morgan fingerprint density at radius 2 is 1.77 bits per heavy atom. The normalized spacial score (nSPS) is 18.4. The molecule has 1 aliphatic heterocycles. The fourth-order valence-corrected chi connectivity index (χ4v) is 3.65. The summed E-state index contributed by atoms with van der Waals surface area (Å²) in [7, 11) is 0. The summed E-state index contributed by atoms with van der Waals surface area (Å²) in [6, 6.07) is 18.7. The van der Waals surface area contributed by atoms with Crippen molar-refractivity contribution >= 4 is 29.2 Å². The molecule has 5 nitrogen and oxygen atoms in total. The summed E-state index contributed by atoms with van der Waals surface area (Å²) in [5.74, 6) is -0.555. The van der Waals surface area contributed by atoms with Gasteiger partial charge in [-0.2, -0.15) is 0 Å². The van der Waals surface area contributed by atoms with E-state index >= 15 is 0 Å². The molecule has 0 aliphatic carbocycles. The van der Waals surface area contributed by atoms with Crippen molar-refractivity contribution in [3.63, 3.8) is 0 Å². The first kappa shape index (κ1) is 19.9. The maximum atomic E-state index is 13.9. The fraction of sp³-hybridized carbons (Fsp3) is 0.130. The summed E-state index contributed by atoms with van der Waals surface area (Å²) in [5, 5.41) is 3.36. The number of hydrogen-bond acceptors (Lipinski definition) is 3. The van der Waals surface area contributed by atoms with Crippen molar-refractivity contribution in [2.75, 3.05) is 4.90 Å². The highest BCUT2D eigenvalue weighted by atomic mass is 35.5. The van der Waals surface area contributed by atoms with E-state index in [4.69, 9.17) is 16.3 Å². The predicted octanol–water partition coefficient (Wildman–Crippen LogP) is 5.63. The molecule has 1 heterocycles. The minimum Gasteiger partial charge on any atom is -0.454 e. The van der Waals surface area contributed by atoms with Crippen LogP contribution in [0.2, 0.25) is 5.02 Å². The van der Waals surface area contributed by atoms with E-state index < -0.39 is 23.3 Å². The second-order valence-electron chi connectivity index (χ2n) is 6.87. The molecule has 1 N–H and O–H groups in total. The molecule has 0 bridgehead atoms. The van der Waals surface area contributed by atoms with Gasteiger partial charge in [0, 0.05) is 11.1 Å². The molecule has 0 radical (unpaired) electrons. The minimum atomic E-state index is -1.19. The van der Waals surface area contributed by atoms with Gasteiger partial charge in [-0.3, -0.25) is 4.79 Å². The summed E-state index contributed by atoms with van der Waals surface area (Å²) in [4.78, 5) is 27.3. The smallest absolute Gasteiger partial charge is 0.329 e. The molecule has 30 heavy (non-hydrogen) atoms. The van der Waals surface area contributed by atoms with Gasteiger partial charge in [0.15, 0.2) is 11.6 Å². The van der Waals surface area contributed by atoms with Gasteiger partial charge in [-0.25, -0.2) is 14.1 Å². The van der Waals surface area contributed by atoms with E-state index in [0.717, 1.165) is 4.90 Å². The lowest BCUT2D eigenvalue weighted by Crippen LogP contribution is -2.43. The highest BCUT2D eigenvalue weighted by Gasteiger charge is 2.51. The third-order valence-corrected chi connectivity index (χ3v) is 5.35. The molecule has 1 fully saturated rings. The van der Waals surface area contributed by atoms with Crippen LogP contribution in [0, 0.1) is 5.82 Å². The molecule has 7 heteroatoms. The Labute approximate surface area is 178 Å². The molecule has 1 saturated heterocycles. The van der Waals surface area contributed by atoms with E-state index in [1.807, 2.05) is 6.92 Å². The lowest BCUT2D eigenvalue weighted by molar-refractivity contribution is -0.122. The van der Waals surface area contributed by atoms with Crippen molar-refractivity contribution in [2.24, 2.45) is 0 Å². The van der Waals surface area contributed by atoms with E-state index in [1.165, 1.54) is 18.2 Å². The average Bonchev–Trinajstić information content (AvgIpc) is 3.01. The lowest BCUT2D eigenvalue weighted by Gasteiger charge is -2.26. The van der Waals surface area contributed by atoms with Crippen LogP contribution in [0.1, 0.15) is 18.9 Å². The first-order valence-electron chi connectivity index (χ1n) is 9.40. The van der Waals surface area contributed by atoms with E-state index in [2.05, 4.69) is 5.32 Å². The second kappa shape index (κ2) is 7.80. The zero-order valence-electron chi connectivity index (χ0n) is 16.1. The highest BCUT2D eigenvalue weighted by Crippen LogP contribution is 2.37. The van der Waals surface area contributed by atoms with E-state index in [1.54, 1.807) is 54.6 Å². The Bertz CT molecular complexity index is 1120. The summed E-state index contributed by atoms with van der Waals surface area (Å²) >= 11 is 5.97. The molecule has 1 atom stereocenters. The molecule has 1 aliphatic rings. The molecule has 3 aromatic rings. The number of carbonyl (C=O) groups is 2. The van der Waals surface area contributed by atoms with E-state index in [9.17, 15) is 14.0 Å². The van der Waals surface area contributed by atoms with Gasteiger partial charge in [0.25, 0.3) is 5.91 Å². The monoisotopic (exact) mass is 424 g/mol. The number of hydrogen-bond donors (Lipinski definition) is 1. The SMILES string of the molecule is CCC1(c2ccc(Cl)cc2)NC(=O)N(c2cccc(Oc3ccccc3F)c2)C1=O. The number of halogens is 2. The van der Waals surface area contributed by atoms with Gasteiger partial charge < -0.3 is 10.1 Å². The number of urea groups is 1. The third kappa shape index (κ3) is 3.39. The van der Waals surface area contributed by atoms with Gasteiger partial charge in [0.1, 0.15) is 11.3 Å². The van der Waals surface area contributed by atoms with E-state index in [-0.39, 0.29) is 5.75 Å². The van der Waals surface area contributed by atoms with Gasteiger partial charge in [-0.15, -0.1) is 0 Å². The van der Waals surface area contributed by atoms with Crippen molar-refractivity contribution in [2.45, 2.75) is 18.9 Å². The van der Waals surface area contributed by atoms with Crippen LogP contribution >= 0.6 is 11.6 Å². The molecule has 0 spiro atoms. The average molecular weight is 425 g/mol. The quantitative estimate of drug-likeness (QED) is 0.540. The van der Waals surface area contributed by atoms with Crippen LogP contribution in [-0.4, -0.2) is 11.9 Å². The number of para-hydroxylation sites is 1. The Morgan fingerprint density at radius 3 is 2.47 bits per heavy atom.